The molecule has 1 atom stereocenters. The third-order valence-corrected chi connectivity index (χ3v) is 5.79. The van der Waals surface area contributed by atoms with Crippen LogP contribution in [-0.4, -0.2) is 31.9 Å². The Morgan fingerprint density at radius 2 is 1.79 bits per heavy atom. The lowest BCUT2D eigenvalue weighted by atomic mass is 10.1. The van der Waals surface area contributed by atoms with Crippen LogP contribution in [0, 0.1) is 6.92 Å². The van der Waals surface area contributed by atoms with E-state index < -0.39 is 9.84 Å². The molecule has 6 heteroatoms. The van der Waals surface area contributed by atoms with Crippen molar-refractivity contribution in [1.29, 1.82) is 0 Å². The highest BCUT2D eigenvalue weighted by Crippen LogP contribution is 2.20. The summed E-state index contributed by atoms with van der Waals surface area (Å²) in [4.78, 5) is 12.2. The molecule has 2 N–H and O–H groups in total. The van der Waals surface area contributed by atoms with Crippen molar-refractivity contribution >= 4 is 27.1 Å². The summed E-state index contributed by atoms with van der Waals surface area (Å²) < 4.78 is 23.0. The second-order valence-corrected chi connectivity index (χ2v) is 8.37. The van der Waals surface area contributed by atoms with Crippen molar-refractivity contribution in [3.63, 3.8) is 0 Å². The first-order valence-corrected chi connectivity index (χ1v) is 9.68. The average molecular weight is 344 g/mol. The molecular weight excluding hydrogens is 324 g/mol. The van der Waals surface area contributed by atoms with E-state index in [1.54, 1.807) is 18.2 Å². The maximum absolute atomic E-state index is 12.2. The smallest absolute Gasteiger partial charge is 0.255 e. The highest BCUT2D eigenvalue weighted by molar-refractivity contribution is 7.91. The topological polar surface area (TPSA) is 75.3 Å². The van der Waals surface area contributed by atoms with E-state index in [4.69, 9.17) is 0 Å². The zero-order valence-electron chi connectivity index (χ0n) is 13.5. The van der Waals surface area contributed by atoms with Crippen LogP contribution in [0.4, 0.5) is 11.4 Å². The fraction of sp³-hybridized carbons (Fsp3) is 0.278. The van der Waals surface area contributed by atoms with Gasteiger partial charge in [-0.05, 0) is 49.7 Å². The Bertz CT molecular complexity index is 845. The van der Waals surface area contributed by atoms with Gasteiger partial charge >= 0.3 is 0 Å². The molecule has 1 amide bonds. The molecule has 1 fully saturated rings. The molecule has 2 aromatic carbocycles. The van der Waals surface area contributed by atoms with E-state index in [9.17, 15) is 13.2 Å². The standard InChI is InChI=1S/C18H20N2O3S/c1-13-3-2-4-14(11-13)18(21)20-16-7-5-15(6-8-16)19-17-9-10-24(22,23)12-17/h2-8,11,17,19H,9-10,12H2,1H3,(H,20,21). The molecule has 126 valence electrons. The van der Waals surface area contributed by atoms with Crippen molar-refractivity contribution < 1.29 is 13.2 Å². The Morgan fingerprint density at radius 3 is 2.42 bits per heavy atom. The minimum absolute atomic E-state index is 0.0391. The zero-order valence-corrected chi connectivity index (χ0v) is 14.3. The van der Waals surface area contributed by atoms with E-state index in [1.165, 1.54) is 0 Å². The van der Waals surface area contributed by atoms with Crippen LogP contribution >= 0.6 is 0 Å². The fourth-order valence-electron chi connectivity index (χ4n) is 2.78. The summed E-state index contributed by atoms with van der Waals surface area (Å²) in [6.07, 6.45) is 0.633. The van der Waals surface area contributed by atoms with Crippen LogP contribution in [0.3, 0.4) is 0 Å². The molecule has 5 nitrogen and oxygen atoms in total. The van der Waals surface area contributed by atoms with Crippen LogP contribution in [0.1, 0.15) is 22.3 Å². The molecule has 2 aromatic rings. The number of amides is 1. The molecule has 3 rings (SSSR count). The molecular formula is C18H20N2O3S. The highest BCUT2D eigenvalue weighted by Gasteiger charge is 2.27. The number of hydrogen-bond donors (Lipinski definition) is 2. The van der Waals surface area contributed by atoms with Gasteiger partial charge in [0.2, 0.25) is 0 Å². The first kappa shape index (κ1) is 16.5. The van der Waals surface area contributed by atoms with E-state index >= 15 is 0 Å². The molecule has 0 aromatic heterocycles. The third kappa shape index (κ3) is 4.14. The minimum atomic E-state index is -2.89. The Balaban J connectivity index is 1.61. The predicted molar refractivity (Wildman–Crippen MR) is 96.3 cm³/mol. The minimum Gasteiger partial charge on any atom is -0.381 e. The van der Waals surface area contributed by atoms with Gasteiger partial charge < -0.3 is 10.6 Å². The molecule has 0 saturated carbocycles. The summed E-state index contributed by atoms with van der Waals surface area (Å²) in [7, 11) is -2.89. The number of aryl methyl sites for hydroxylation is 1. The van der Waals surface area contributed by atoms with E-state index in [2.05, 4.69) is 10.6 Å². The van der Waals surface area contributed by atoms with Crippen LogP contribution in [0.25, 0.3) is 0 Å². The lowest BCUT2D eigenvalue weighted by molar-refractivity contribution is 0.102. The van der Waals surface area contributed by atoms with Gasteiger partial charge in [0.05, 0.1) is 11.5 Å². The molecule has 0 radical (unpaired) electrons. The van der Waals surface area contributed by atoms with Gasteiger partial charge in [-0.1, -0.05) is 17.7 Å². The molecule has 24 heavy (non-hydrogen) atoms. The van der Waals surface area contributed by atoms with E-state index in [0.717, 1.165) is 11.3 Å². The lowest BCUT2D eigenvalue weighted by Crippen LogP contribution is -2.20. The molecule has 1 unspecified atom stereocenters. The van der Waals surface area contributed by atoms with Gasteiger partial charge in [0.25, 0.3) is 5.91 Å². The molecule has 1 aliphatic heterocycles. The van der Waals surface area contributed by atoms with Crippen LogP contribution in [0.5, 0.6) is 0 Å². The van der Waals surface area contributed by atoms with Crippen molar-refractivity contribution in [2.75, 3.05) is 22.1 Å². The van der Waals surface area contributed by atoms with Crippen LogP contribution in [0.2, 0.25) is 0 Å². The number of anilines is 2. The number of hydrogen-bond acceptors (Lipinski definition) is 4. The van der Waals surface area contributed by atoms with Crippen molar-refractivity contribution in [3.8, 4) is 0 Å². The van der Waals surface area contributed by atoms with Crippen LogP contribution < -0.4 is 10.6 Å². The molecule has 1 aliphatic rings. The molecule has 0 bridgehead atoms. The summed E-state index contributed by atoms with van der Waals surface area (Å²) in [5.74, 6) is 0.273. The second kappa shape index (κ2) is 6.65. The number of carbonyl (C=O) groups excluding carboxylic acids is 1. The van der Waals surface area contributed by atoms with Gasteiger partial charge in [-0.3, -0.25) is 4.79 Å². The Morgan fingerprint density at radius 1 is 1.08 bits per heavy atom. The summed E-state index contributed by atoms with van der Waals surface area (Å²) in [6.45, 7) is 1.94. The van der Waals surface area contributed by atoms with Gasteiger partial charge in [0.15, 0.2) is 9.84 Å². The number of nitrogens with one attached hydrogen (secondary N) is 2. The van der Waals surface area contributed by atoms with E-state index in [1.807, 2.05) is 37.3 Å². The fourth-order valence-corrected chi connectivity index (χ4v) is 4.46. The Kier molecular flexibility index (Phi) is 4.57. The Labute approximate surface area is 142 Å². The molecule has 1 saturated heterocycles. The maximum Gasteiger partial charge on any atom is 0.255 e. The maximum atomic E-state index is 12.2. The first-order chi connectivity index (χ1) is 11.4. The second-order valence-electron chi connectivity index (χ2n) is 6.15. The van der Waals surface area contributed by atoms with Crippen LogP contribution in [0.15, 0.2) is 48.5 Å². The van der Waals surface area contributed by atoms with Gasteiger partial charge in [-0.15, -0.1) is 0 Å². The Hall–Kier alpha value is -2.34. The number of carbonyl (C=O) groups is 1. The highest BCUT2D eigenvalue weighted by atomic mass is 32.2. The number of sulfone groups is 1. The molecule has 0 aliphatic carbocycles. The lowest BCUT2D eigenvalue weighted by Gasteiger charge is -2.13. The summed E-state index contributed by atoms with van der Waals surface area (Å²) in [6, 6.07) is 14.7. The largest absolute Gasteiger partial charge is 0.381 e. The SMILES string of the molecule is Cc1cccc(C(=O)Nc2ccc(NC3CCS(=O)(=O)C3)cc2)c1. The van der Waals surface area contributed by atoms with Crippen molar-refractivity contribution in [3.05, 3.63) is 59.7 Å². The first-order valence-electron chi connectivity index (χ1n) is 7.86. The van der Waals surface area contributed by atoms with Crippen molar-refractivity contribution in [2.24, 2.45) is 0 Å². The normalized spacial score (nSPS) is 19.0. The van der Waals surface area contributed by atoms with Gasteiger partial charge in [0, 0.05) is 23.0 Å². The van der Waals surface area contributed by atoms with Gasteiger partial charge in [-0.2, -0.15) is 0 Å². The quantitative estimate of drug-likeness (QED) is 0.894. The molecule has 1 heterocycles. The van der Waals surface area contributed by atoms with Crippen LogP contribution in [-0.2, 0) is 9.84 Å². The zero-order chi connectivity index (χ0) is 17.2. The van der Waals surface area contributed by atoms with Crippen molar-refractivity contribution in [1.82, 2.24) is 0 Å². The monoisotopic (exact) mass is 344 g/mol. The number of rotatable bonds is 4. The molecule has 0 spiro atoms. The predicted octanol–water partition coefficient (Wildman–Crippen LogP) is 2.85. The van der Waals surface area contributed by atoms with Gasteiger partial charge in [0.1, 0.15) is 0 Å². The van der Waals surface area contributed by atoms with E-state index in [0.29, 0.717) is 17.7 Å². The summed E-state index contributed by atoms with van der Waals surface area (Å²) >= 11 is 0. The average Bonchev–Trinajstić information content (AvgIpc) is 2.88. The van der Waals surface area contributed by atoms with Crippen molar-refractivity contribution in [2.45, 2.75) is 19.4 Å². The van der Waals surface area contributed by atoms with Gasteiger partial charge in [-0.25, -0.2) is 8.42 Å². The summed E-state index contributed by atoms with van der Waals surface area (Å²) in [5, 5.41) is 6.08. The third-order valence-electron chi connectivity index (χ3n) is 4.03. The van der Waals surface area contributed by atoms with E-state index in [-0.39, 0.29) is 23.5 Å². The summed E-state index contributed by atoms with van der Waals surface area (Å²) in [5.41, 5.74) is 3.21. The number of benzene rings is 2.